The summed E-state index contributed by atoms with van der Waals surface area (Å²) < 4.78 is 0. The van der Waals surface area contributed by atoms with Gasteiger partial charge in [-0.2, -0.15) is 0 Å². The zero-order valence-electron chi connectivity index (χ0n) is 11.8. The summed E-state index contributed by atoms with van der Waals surface area (Å²) in [5.41, 5.74) is 3.85. The van der Waals surface area contributed by atoms with E-state index in [0.717, 1.165) is 27.5 Å². The number of hydrogen-bond acceptors (Lipinski definition) is 1. The van der Waals surface area contributed by atoms with Crippen molar-refractivity contribution >= 4 is 34.2 Å². The molecule has 2 heteroatoms. The maximum atomic E-state index is 12.8. The van der Waals surface area contributed by atoms with E-state index in [0.29, 0.717) is 11.4 Å². The summed E-state index contributed by atoms with van der Waals surface area (Å²) in [6.07, 6.45) is 2.64. The molecule has 0 radical (unpaired) electrons. The lowest BCUT2D eigenvalue weighted by Crippen LogP contribution is -2.13. The summed E-state index contributed by atoms with van der Waals surface area (Å²) >= 11 is 5.92. The predicted octanol–water partition coefficient (Wildman–Crippen LogP) is 5.32. The summed E-state index contributed by atoms with van der Waals surface area (Å²) in [6, 6.07) is 19.7. The van der Waals surface area contributed by atoms with Crippen LogP contribution in [0.3, 0.4) is 0 Å². The molecule has 3 aromatic carbocycles. The Kier molecular flexibility index (Phi) is 3.09. The Morgan fingerprint density at radius 1 is 0.909 bits per heavy atom. The SMILES string of the molecule is O=C1/C(=C\c2ccc(Cl)cc2)Cc2cccc3cccc1c23. The van der Waals surface area contributed by atoms with Crippen LogP contribution in [0.1, 0.15) is 21.5 Å². The number of rotatable bonds is 1. The standard InChI is InChI=1S/C20H13ClO/c21-17-9-7-13(8-10-17)11-16-12-15-5-1-3-14-4-2-6-18(19(14)15)20(16)22/h1-11H,12H2/b16-11-. The average molecular weight is 305 g/mol. The van der Waals surface area contributed by atoms with Crippen LogP contribution in [0.4, 0.5) is 0 Å². The highest BCUT2D eigenvalue weighted by atomic mass is 35.5. The van der Waals surface area contributed by atoms with Crippen molar-refractivity contribution in [2.75, 3.05) is 0 Å². The van der Waals surface area contributed by atoms with E-state index in [1.807, 2.05) is 42.5 Å². The van der Waals surface area contributed by atoms with E-state index in [1.165, 1.54) is 5.56 Å². The molecule has 0 spiro atoms. The van der Waals surface area contributed by atoms with E-state index in [9.17, 15) is 4.79 Å². The molecule has 4 rings (SSSR count). The monoisotopic (exact) mass is 304 g/mol. The van der Waals surface area contributed by atoms with Gasteiger partial charge >= 0.3 is 0 Å². The third-order valence-electron chi connectivity index (χ3n) is 4.12. The van der Waals surface area contributed by atoms with E-state index in [1.54, 1.807) is 0 Å². The molecule has 0 aliphatic heterocycles. The molecule has 0 atom stereocenters. The van der Waals surface area contributed by atoms with E-state index in [2.05, 4.69) is 24.3 Å². The Morgan fingerprint density at radius 3 is 2.41 bits per heavy atom. The van der Waals surface area contributed by atoms with Crippen LogP contribution in [-0.2, 0) is 6.42 Å². The lowest BCUT2D eigenvalue weighted by Gasteiger charge is -2.18. The molecular weight excluding hydrogens is 292 g/mol. The number of benzene rings is 3. The van der Waals surface area contributed by atoms with Gasteiger partial charge in [-0.05, 0) is 40.1 Å². The highest BCUT2D eigenvalue weighted by molar-refractivity contribution is 6.30. The predicted molar refractivity (Wildman–Crippen MR) is 91.4 cm³/mol. The zero-order valence-corrected chi connectivity index (χ0v) is 12.6. The Morgan fingerprint density at radius 2 is 1.64 bits per heavy atom. The highest BCUT2D eigenvalue weighted by Crippen LogP contribution is 2.32. The molecule has 106 valence electrons. The first-order chi connectivity index (χ1) is 10.7. The molecule has 0 bridgehead atoms. The van der Waals surface area contributed by atoms with Crippen LogP contribution in [-0.4, -0.2) is 5.78 Å². The molecule has 3 aromatic rings. The van der Waals surface area contributed by atoms with Crippen molar-refractivity contribution in [3.8, 4) is 0 Å². The van der Waals surface area contributed by atoms with Gasteiger partial charge in [0, 0.05) is 22.6 Å². The third kappa shape index (κ3) is 2.15. The van der Waals surface area contributed by atoms with Gasteiger partial charge in [0.1, 0.15) is 0 Å². The van der Waals surface area contributed by atoms with Gasteiger partial charge in [0.15, 0.2) is 5.78 Å². The minimum atomic E-state index is 0.124. The van der Waals surface area contributed by atoms with Crippen molar-refractivity contribution in [1.29, 1.82) is 0 Å². The van der Waals surface area contributed by atoms with Crippen molar-refractivity contribution in [3.05, 3.63) is 87.9 Å². The second-order valence-corrected chi connectivity index (χ2v) is 5.98. The lowest BCUT2D eigenvalue weighted by atomic mass is 9.84. The molecule has 0 heterocycles. The molecule has 1 aliphatic carbocycles. The normalized spacial score (nSPS) is 15.5. The lowest BCUT2D eigenvalue weighted by molar-refractivity contribution is 0.103. The molecule has 0 amide bonds. The molecule has 1 aliphatic rings. The van der Waals surface area contributed by atoms with Gasteiger partial charge < -0.3 is 0 Å². The molecule has 0 saturated carbocycles. The zero-order chi connectivity index (χ0) is 15.1. The summed E-state index contributed by atoms with van der Waals surface area (Å²) in [5, 5.41) is 2.93. The summed E-state index contributed by atoms with van der Waals surface area (Å²) in [4.78, 5) is 12.8. The summed E-state index contributed by atoms with van der Waals surface area (Å²) in [5.74, 6) is 0.124. The van der Waals surface area contributed by atoms with Gasteiger partial charge in [-0.15, -0.1) is 0 Å². The van der Waals surface area contributed by atoms with Crippen LogP contribution in [0.5, 0.6) is 0 Å². The fraction of sp³-hybridized carbons (Fsp3) is 0.0500. The number of carbonyl (C=O) groups is 1. The van der Waals surface area contributed by atoms with Crippen molar-refractivity contribution in [3.63, 3.8) is 0 Å². The van der Waals surface area contributed by atoms with Crippen molar-refractivity contribution in [2.45, 2.75) is 6.42 Å². The Labute approximate surface area is 133 Å². The smallest absolute Gasteiger partial charge is 0.189 e. The third-order valence-corrected chi connectivity index (χ3v) is 4.37. The maximum absolute atomic E-state index is 12.8. The van der Waals surface area contributed by atoms with Gasteiger partial charge in [0.2, 0.25) is 0 Å². The minimum absolute atomic E-state index is 0.124. The quantitative estimate of drug-likeness (QED) is 0.556. The number of carbonyl (C=O) groups excluding carboxylic acids is 1. The first kappa shape index (κ1) is 13.3. The minimum Gasteiger partial charge on any atom is -0.289 e. The van der Waals surface area contributed by atoms with Crippen LogP contribution in [0, 0.1) is 0 Å². The van der Waals surface area contributed by atoms with E-state index >= 15 is 0 Å². The van der Waals surface area contributed by atoms with Crippen molar-refractivity contribution in [2.24, 2.45) is 0 Å². The molecule has 0 unspecified atom stereocenters. The van der Waals surface area contributed by atoms with E-state index in [-0.39, 0.29) is 5.78 Å². The fourth-order valence-electron chi connectivity index (χ4n) is 3.09. The molecule has 0 N–H and O–H groups in total. The number of allylic oxidation sites excluding steroid dienone is 1. The van der Waals surface area contributed by atoms with E-state index < -0.39 is 0 Å². The molecule has 1 nitrogen and oxygen atoms in total. The highest BCUT2D eigenvalue weighted by Gasteiger charge is 2.22. The van der Waals surface area contributed by atoms with Crippen LogP contribution >= 0.6 is 11.6 Å². The van der Waals surface area contributed by atoms with Crippen molar-refractivity contribution < 1.29 is 4.79 Å². The number of halogens is 1. The Hall–Kier alpha value is -2.38. The molecular formula is C20H13ClO. The van der Waals surface area contributed by atoms with Gasteiger partial charge in [-0.1, -0.05) is 60.1 Å². The van der Waals surface area contributed by atoms with Gasteiger partial charge in [0.05, 0.1) is 0 Å². The van der Waals surface area contributed by atoms with Gasteiger partial charge in [-0.25, -0.2) is 0 Å². The van der Waals surface area contributed by atoms with Crippen LogP contribution < -0.4 is 0 Å². The number of hydrogen-bond donors (Lipinski definition) is 0. The second-order valence-electron chi connectivity index (χ2n) is 5.55. The van der Waals surface area contributed by atoms with Crippen LogP contribution in [0.25, 0.3) is 16.8 Å². The molecule has 0 aromatic heterocycles. The summed E-state index contributed by atoms with van der Waals surface area (Å²) in [7, 11) is 0. The largest absolute Gasteiger partial charge is 0.289 e. The Balaban J connectivity index is 1.86. The average Bonchev–Trinajstić information content (AvgIpc) is 2.54. The van der Waals surface area contributed by atoms with Gasteiger partial charge in [0.25, 0.3) is 0 Å². The molecule has 0 saturated heterocycles. The number of Topliss-reactive ketones (excluding diaryl/α,β-unsaturated/α-hetero) is 1. The maximum Gasteiger partial charge on any atom is 0.189 e. The molecule has 22 heavy (non-hydrogen) atoms. The first-order valence-corrected chi connectivity index (χ1v) is 7.61. The second kappa shape index (κ2) is 5.11. The van der Waals surface area contributed by atoms with E-state index in [4.69, 9.17) is 11.6 Å². The molecule has 0 fully saturated rings. The Bertz CT molecular complexity index is 915. The number of ketones is 1. The van der Waals surface area contributed by atoms with Gasteiger partial charge in [-0.3, -0.25) is 4.79 Å². The van der Waals surface area contributed by atoms with Crippen LogP contribution in [0.15, 0.2) is 66.2 Å². The van der Waals surface area contributed by atoms with Crippen LogP contribution in [0.2, 0.25) is 5.02 Å². The fourth-order valence-corrected chi connectivity index (χ4v) is 3.22. The van der Waals surface area contributed by atoms with Crippen molar-refractivity contribution in [1.82, 2.24) is 0 Å². The first-order valence-electron chi connectivity index (χ1n) is 7.24. The topological polar surface area (TPSA) is 17.1 Å². The summed E-state index contributed by atoms with van der Waals surface area (Å²) in [6.45, 7) is 0.